The first kappa shape index (κ1) is 15.7. The molecule has 0 saturated heterocycles. The second-order valence-electron chi connectivity index (χ2n) is 4.90. The Morgan fingerprint density at radius 2 is 2.00 bits per heavy atom. The molecule has 0 aromatic carbocycles. The third-order valence-corrected chi connectivity index (χ3v) is 2.91. The molecule has 0 aliphatic carbocycles. The van der Waals surface area contributed by atoms with Crippen LogP contribution in [0.1, 0.15) is 26.7 Å². The van der Waals surface area contributed by atoms with Crippen LogP contribution in [0.25, 0.3) is 0 Å². The topological polar surface area (TPSA) is 44.3 Å². The first-order chi connectivity index (χ1) is 9.17. The molecule has 0 bridgehead atoms. The monoisotopic (exact) mass is 265 g/mol. The van der Waals surface area contributed by atoms with Crippen molar-refractivity contribution < 1.29 is 0 Å². The molecule has 0 fully saturated rings. The lowest BCUT2D eigenvalue weighted by atomic mass is 10.3. The highest BCUT2D eigenvalue weighted by atomic mass is 15.2. The van der Waals surface area contributed by atoms with Gasteiger partial charge in [0, 0.05) is 25.8 Å². The van der Waals surface area contributed by atoms with E-state index >= 15 is 0 Å². The molecular weight excluding hydrogens is 238 g/mol. The Hall–Kier alpha value is -1.36. The minimum absolute atomic E-state index is 0.727. The summed E-state index contributed by atoms with van der Waals surface area (Å²) in [4.78, 5) is 13.3. The minimum Gasteiger partial charge on any atom is -0.357 e. The highest BCUT2D eigenvalue weighted by molar-refractivity contribution is 5.42. The second kappa shape index (κ2) is 8.69. The molecule has 0 atom stereocenters. The van der Waals surface area contributed by atoms with Gasteiger partial charge >= 0.3 is 0 Å². The molecule has 1 heterocycles. The molecule has 0 saturated carbocycles. The SMILES string of the molecule is CCCNc1nccc(N(CC)CCCN(C)C)n1. The summed E-state index contributed by atoms with van der Waals surface area (Å²) in [5.41, 5.74) is 0. The van der Waals surface area contributed by atoms with Gasteiger partial charge in [-0.05, 0) is 46.5 Å². The Kier molecular flexibility index (Phi) is 7.18. The molecule has 0 amide bonds. The van der Waals surface area contributed by atoms with Gasteiger partial charge in [-0.3, -0.25) is 0 Å². The fraction of sp³-hybridized carbons (Fsp3) is 0.714. The largest absolute Gasteiger partial charge is 0.357 e. The maximum atomic E-state index is 4.57. The zero-order valence-corrected chi connectivity index (χ0v) is 12.7. The van der Waals surface area contributed by atoms with E-state index in [1.165, 1.54) is 0 Å². The fourth-order valence-electron chi connectivity index (χ4n) is 1.86. The molecule has 5 heteroatoms. The molecule has 1 N–H and O–H groups in total. The van der Waals surface area contributed by atoms with E-state index in [0.717, 1.165) is 50.8 Å². The number of rotatable bonds is 9. The molecule has 0 aliphatic heterocycles. The maximum absolute atomic E-state index is 4.57. The molecule has 1 aromatic rings. The van der Waals surface area contributed by atoms with E-state index in [1.807, 2.05) is 12.3 Å². The van der Waals surface area contributed by atoms with Crippen LogP contribution in [0.2, 0.25) is 0 Å². The van der Waals surface area contributed by atoms with E-state index in [2.05, 4.69) is 53.0 Å². The van der Waals surface area contributed by atoms with Gasteiger partial charge in [0.1, 0.15) is 5.82 Å². The van der Waals surface area contributed by atoms with Crippen molar-refractivity contribution in [2.75, 3.05) is 50.5 Å². The van der Waals surface area contributed by atoms with E-state index < -0.39 is 0 Å². The van der Waals surface area contributed by atoms with Gasteiger partial charge in [0.2, 0.25) is 5.95 Å². The summed E-state index contributed by atoms with van der Waals surface area (Å²) in [5, 5.41) is 3.23. The Labute approximate surface area is 117 Å². The predicted molar refractivity (Wildman–Crippen MR) is 81.9 cm³/mol. The van der Waals surface area contributed by atoms with Gasteiger partial charge < -0.3 is 15.1 Å². The van der Waals surface area contributed by atoms with E-state index in [0.29, 0.717) is 0 Å². The van der Waals surface area contributed by atoms with Crippen molar-refractivity contribution in [1.82, 2.24) is 14.9 Å². The summed E-state index contributed by atoms with van der Waals surface area (Å²) in [6.45, 7) is 8.31. The van der Waals surface area contributed by atoms with Gasteiger partial charge in [-0.2, -0.15) is 4.98 Å². The lowest BCUT2D eigenvalue weighted by molar-refractivity contribution is 0.400. The van der Waals surface area contributed by atoms with Crippen LogP contribution >= 0.6 is 0 Å². The number of anilines is 2. The van der Waals surface area contributed by atoms with Crippen LogP contribution < -0.4 is 10.2 Å². The van der Waals surface area contributed by atoms with Crippen LogP contribution in [0, 0.1) is 0 Å². The van der Waals surface area contributed by atoms with Crippen molar-refractivity contribution in [3.63, 3.8) is 0 Å². The Morgan fingerprint density at radius 1 is 1.21 bits per heavy atom. The highest BCUT2D eigenvalue weighted by Crippen LogP contribution is 2.12. The van der Waals surface area contributed by atoms with Gasteiger partial charge in [-0.1, -0.05) is 6.92 Å². The number of nitrogens with zero attached hydrogens (tertiary/aromatic N) is 4. The third kappa shape index (κ3) is 5.87. The molecule has 19 heavy (non-hydrogen) atoms. The van der Waals surface area contributed by atoms with Crippen molar-refractivity contribution in [3.8, 4) is 0 Å². The molecule has 5 nitrogen and oxygen atoms in total. The number of hydrogen-bond donors (Lipinski definition) is 1. The summed E-state index contributed by atoms with van der Waals surface area (Å²) in [6.07, 6.45) is 4.05. The molecule has 0 aliphatic rings. The van der Waals surface area contributed by atoms with Crippen molar-refractivity contribution in [3.05, 3.63) is 12.3 Å². The van der Waals surface area contributed by atoms with Gasteiger partial charge in [0.25, 0.3) is 0 Å². The van der Waals surface area contributed by atoms with Gasteiger partial charge in [-0.15, -0.1) is 0 Å². The first-order valence-corrected chi connectivity index (χ1v) is 7.14. The van der Waals surface area contributed by atoms with Crippen molar-refractivity contribution in [1.29, 1.82) is 0 Å². The smallest absolute Gasteiger partial charge is 0.224 e. The summed E-state index contributed by atoms with van der Waals surface area (Å²) >= 11 is 0. The van der Waals surface area contributed by atoms with E-state index in [4.69, 9.17) is 0 Å². The van der Waals surface area contributed by atoms with E-state index in [-0.39, 0.29) is 0 Å². The van der Waals surface area contributed by atoms with E-state index in [9.17, 15) is 0 Å². The summed E-state index contributed by atoms with van der Waals surface area (Å²) < 4.78 is 0. The van der Waals surface area contributed by atoms with Crippen LogP contribution in [0.15, 0.2) is 12.3 Å². The van der Waals surface area contributed by atoms with Crippen LogP contribution in [0.4, 0.5) is 11.8 Å². The second-order valence-corrected chi connectivity index (χ2v) is 4.90. The van der Waals surface area contributed by atoms with Crippen molar-refractivity contribution in [2.24, 2.45) is 0 Å². The van der Waals surface area contributed by atoms with Gasteiger partial charge in [0.15, 0.2) is 0 Å². The number of hydrogen-bond acceptors (Lipinski definition) is 5. The fourth-order valence-corrected chi connectivity index (χ4v) is 1.86. The predicted octanol–water partition coefficient (Wildman–Crippen LogP) is 2.08. The zero-order chi connectivity index (χ0) is 14.1. The van der Waals surface area contributed by atoms with Gasteiger partial charge in [0.05, 0.1) is 0 Å². The van der Waals surface area contributed by atoms with Crippen molar-refractivity contribution >= 4 is 11.8 Å². The average molecular weight is 265 g/mol. The Morgan fingerprint density at radius 3 is 2.63 bits per heavy atom. The zero-order valence-electron chi connectivity index (χ0n) is 12.7. The standard InChI is InChI=1S/C14H27N5/c1-5-9-15-14-16-10-8-13(17-14)19(6-2)12-7-11-18(3)4/h8,10H,5-7,9,11-12H2,1-4H3,(H,15,16,17). The van der Waals surface area contributed by atoms with Gasteiger partial charge in [-0.25, -0.2) is 4.98 Å². The van der Waals surface area contributed by atoms with Crippen LogP contribution in [-0.4, -0.2) is 55.1 Å². The molecule has 108 valence electrons. The van der Waals surface area contributed by atoms with Crippen LogP contribution in [-0.2, 0) is 0 Å². The third-order valence-electron chi connectivity index (χ3n) is 2.91. The maximum Gasteiger partial charge on any atom is 0.224 e. The molecule has 1 aromatic heterocycles. The normalized spacial score (nSPS) is 10.8. The number of nitrogens with one attached hydrogen (secondary N) is 1. The van der Waals surface area contributed by atoms with Crippen LogP contribution in [0.3, 0.4) is 0 Å². The molecule has 0 radical (unpaired) electrons. The quantitative estimate of drug-likeness (QED) is 0.740. The number of aromatic nitrogens is 2. The molecule has 0 spiro atoms. The lowest BCUT2D eigenvalue weighted by Crippen LogP contribution is -2.28. The van der Waals surface area contributed by atoms with E-state index in [1.54, 1.807) is 0 Å². The average Bonchev–Trinajstić information content (AvgIpc) is 2.41. The Balaban J connectivity index is 2.58. The molecule has 1 rings (SSSR count). The molecular formula is C14H27N5. The molecule has 0 unspecified atom stereocenters. The first-order valence-electron chi connectivity index (χ1n) is 7.14. The summed E-state index contributed by atoms with van der Waals surface area (Å²) in [7, 11) is 4.21. The summed E-state index contributed by atoms with van der Waals surface area (Å²) in [6, 6.07) is 1.98. The summed E-state index contributed by atoms with van der Waals surface area (Å²) in [5.74, 6) is 1.74. The van der Waals surface area contributed by atoms with Crippen molar-refractivity contribution in [2.45, 2.75) is 26.7 Å². The minimum atomic E-state index is 0.727. The lowest BCUT2D eigenvalue weighted by Gasteiger charge is -2.23. The highest BCUT2D eigenvalue weighted by Gasteiger charge is 2.07. The van der Waals surface area contributed by atoms with Crippen LogP contribution in [0.5, 0.6) is 0 Å². The Bertz CT molecular complexity index is 353.